The molecule has 0 aliphatic heterocycles. The molecule has 0 bridgehead atoms. The topological polar surface area (TPSA) is 79.3 Å². The smallest absolute Gasteiger partial charge is 0.179 e. The van der Waals surface area contributed by atoms with Crippen molar-refractivity contribution >= 4 is 15.7 Å². The number of aliphatic hydroxyl groups excluding tert-OH is 1. The SMILES string of the molecule is CC(O)CC(C)CNc1ncccc1S(C)(=O)=O. The maximum absolute atomic E-state index is 11.6. The summed E-state index contributed by atoms with van der Waals surface area (Å²) < 4.78 is 23.1. The molecule has 0 amide bonds. The Morgan fingerprint density at radius 1 is 1.44 bits per heavy atom. The number of pyridine rings is 1. The average Bonchev–Trinajstić information content (AvgIpc) is 2.24. The second-order valence-electron chi connectivity index (χ2n) is 4.69. The maximum Gasteiger partial charge on any atom is 0.179 e. The van der Waals surface area contributed by atoms with E-state index in [4.69, 9.17) is 0 Å². The second-order valence-corrected chi connectivity index (χ2v) is 6.68. The third-order valence-electron chi connectivity index (χ3n) is 2.53. The van der Waals surface area contributed by atoms with Crippen LogP contribution in [0, 0.1) is 5.92 Å². The van der Waals surface area contributed by atoms with E-state index in [2.05, 4.69) is 10.3 Å². The molecular formula is C12H20N2O3S. The molecule has 0 aliphatic carbocycles. The van der Waals surface area contributed by atoms with Gasteiger partial charge in [-0.15, -0.1) is 0 Å². The molecular weight excluding hydrogens is 252 g/mol. The van der Waals surface area contributed by atoms with E-state index in [0.29, 0.717) is 18.8 Å². The number of nitrogens with one attached hydrogen (secondary N) is 1. The van der Waals surface area contributed by atoms with Gasteiger partial charge in [-0.1, -0.05) is 6.92 Å². The van der Waals surface area contributed by atoms with Gasteiger partial charge in [0, 0.05) is 19.0 Å². The lowest BCUT2D eigenvalue weighted by Gasteiger charge is -2.15. The summed E-state index contributed by atoms with van der Waals surface area (Å²) in [6.07, 6.45) is 3.01. The van der Waals surface area contributed by atoms with Gasteiger partial charge in [0.05, 0.1) is 6.10 Å². The van der Waals surface area contributed by atoms with Crippen molar-refractivity contribution in [2.45, 2.75) is 31.3 Å². The van der Waals surface area contributed by atoms with Crippen LogP contribution in [0.3, 0.4) is 0 Å². The summed E-state index contributed by atoms with van der Waals surface area (Å²) in [5.41, 5.74) is 0. The predicted molar refractivity (Wildman–Crippen MR) is 71.3 cm³/mol. The summed E-state index contributed by atoms with van der Waals surface area (Å²) in [7, 11) is -3.28. The molecule has 2 unspecified atom stereocenters. The molecule has 0 fully saturated rings. The number of anilines is 1. The Bertz CT molecular complexity index is 486. The summed E-state index contributed by atoms with van der Waals surface area (Å²) in [4.78, 5) is 4.25. The second kappa shape index (κ2) is 6.15. The zero-order valence-electron chi connectivity index (χ0n) is 10.9. The van der Waals surface area contributed by atoms with Crippen LogP contribution in [0.5, 0.6) is 0 Å². The molecule has 6 heteroatoms. The Morgan fingerprint density at radius 3 is 2.67 bits per heavy atom. The van der Waals surface area contributed by atoms with E-state index >= 15 is 0 Å². The molecule has 0 aromatic carbocycles. The van der Waals surface area contributed by atoms with E-state index in [1.54, 1.807) is 19.2 Å². The Kier molecular flexibility index (Phi) is 5.10. The fourth-order valence-corrected chi connectivity index (χ4v) is 2.56. The number of aliphatic hydroxyl groups is 1. The van der Waals surface area contributed by atoms with Gasteiger partial charge >= 0.3 is 0 Å². The van der Waals surface area contributed by atoms with Gasteiger partial charge in [0.2, 0.25) is 0 Å². The maximum atomic E-state index is 11.6. The minimum Gasteiger partial charge on any atom is -0.393 e. The Balaban J connectivity index is 2.74. The van der Waals surface area contributed by atoms with Crippen LogP contribution in [0.4, 0.5) is 5.82 Å². The molecule has 0 saturated heterocycles. The summed E-state index contributed by atoms with van der Waals surface area (Å²) in [5, 5.41) is 12.3. The number of aromatic nitrogens is 1. The van der Waals surface area contributed by atoms with Crippen molar-refractivity contribution in [1.82, 2.24) is 4.98 Å². The Morgan fingerprint density at radius 2 is 2.11 bits per heavy atom. The number of rotatable bonds is 6. The minimum atomic E-state index is -3.28. The molecule has 18 heavy (non-hydrogen) atoms. The molecule has 1 aromatic heterocycles. The highest BCUT2D eigenvalue weighted by Gasteiger charge is 2.14. The summed E-state index contributed by atoms with van der Waals surface area (Å²) in [6, 6.07) is 3.13. The Labute approximate surface area is 108 Å². The van der Waals surface area contributed by atoms with Gasteiger partial charge in [0.15, 0.2) is 9.84 Å². The van der Waals surface area contributed by atoms with Crippen LogP contribution >= 0.6 is 0 Å². The van der Waals surface area contributed by atoms with Crippen LogP contribution in [0.2, 0.25) is 0 Å². The predicted octanol–water partition coefficient (Wildman–Crippen LogP) is 1.30. The standard InChI is InChI=1S/C12H20N2O3S/c1-9(7-10(2)15)8-14-12-11(18(3,16)17)5-4-6-13-12/h4-6,9-10,15H,7-8H2,1-3H3,(H,13,14). The van der Waals surface area contributed by atoms with Gasteiger partial charge < -0.3 is 10.4 Å². The van der Waals surface area contributed by atoms with Gasteiger partial charge in [-0.3, -0.25) is 0 Å². The molecule has 1 heterocycles. The van der Waals surface area contributed by atoms with Gasteiger partial charge in [0.1, 0.15) is 10.7 Å². The zero-order valence-corrected chi connectivity index (χ0v) is 11.7. The number of sulfone groups is 1. The number of hydrogen-bond acceptors (Lipinski definition) is 5. The van der Waals surface area contributed by atoms with E-state index in [1.165, 1.54) is 6.07 Å². The lowest BCUT2D eigenvalue weighted by atomic mass is 10.1. The summed E-state index contributed by atoms with van der Waals surface area (Å²) in [6.45, 7) is 4.30. The van der Waals surface area contributed by atoms with Crippen LogP contribution in [0.1, 0.15) is 20.3 Å². The van der Waals surface area contributed by atoms with Gasteiger partial charge in [-0.05, 0) is 31.4 Å². The largest absolute Gasteiger partial charge is 0.393 e. The molecule has 0 spiro atoms. The molecule has 1 rings (SSSR count). The molecule has 2 N–H and O–H groups in total. The summed E-state index contributed by atoms with van der Waals surface area (Å²) in [5.74, 6) is 0.608. The van der Waals surface area contributed by atoms with Gasteiger partial charge in [0.25, 0.3) is 0 Å². The van der Waals surface area contributed by atoms with Crippen molar-refractivity contribution in [1.29, 1.82) is 0 Å². The monoisotopic (exact) mass is 272 g/mol. The van der Waals surface area contributed by atoms with Crippen molar-refractivity contribution in [3.05, 3.63) is 18.3 Å². The lowest BCUT2D eigenvalue weighted by molar-refractivity contribution is 0.166. The first-order valence-corrected chi connectivity index (χ1v) is 7.77. The molecule has 0 saturated carbocycles. The number of nitrogens with zero attached hydrogens (tertiary/aromatic N) is 1. The van der Waals surface area contributed by atoms with Gasteiger partial charge in [-0.2, -0.15) is 0 Å². The van der Waals surface area contributed by atoms with E-state index < -0.39 is 9.84 Å². The quantitative estimate of drug-likeness (QED) is 0.816. The van der Waals surface area contributed by atoms with Crippen LogP contribution in [0.15, 0.2) is 23.2 Å². The molecule has 0 radical (unpaired) electrons. The van der Waals surface area contributed by atoms with E-state index in [-0.39, 0.29) is 16.9 Å². The first-order valence-electron chi connectivity index (χ1n) is 5.87. The van der Waals surface area contributed by atoms with Crippen LogP contribution in [-0.2, 0) is 9.84 Å². The fourth-order valence-electron chi connectivity index (χ4n) is 1.76. The minimum absolute atomic E-state index is 0.203. The molecule has 102 valence electrons. The normalized spacial score (nSPS) is 15.1. The zero-order chi connectivity index (χ0) is 13.8. The van der Waals surface area contributed by atoms with Crippen molar-refractivity contribution < 1.29 is 13.5 Å². The first kappa shape index (κ1) is 14.9. The van der Waals surface area contributed by atoms with E-state index in [9.17, 15) is 13.5 Å². The highest BCUT2D eigenvalue weighted by Crippen LogP contribution is 2.18. The van der Waals surface area contributed by atoms with Crippen molar-refractivity contribution in [3.63, 3.8) is 0 Å². The van der Waals surface area contributed by atoms with Crippen LogP contribution in [0.25, 0.3) is 0 Å². The van der Waals surface area contributed by atoms with Gasteiger partial charge in [-0.25, -0.2) is 13.4 Å². The summed E-state index contributed by atoms with van der Waals surface area (Å²) >= 11 is 0. The highest BCUT2D eigenvalue weighted by atomic mass is 32.2. The number of hydrogen-bond donors (Lipinski definition) is 2. The van der Waals surface area contributed by atoms with E-state index in [0.717, 1.165) is 6.26 Å². The third kappa shape index (κ3) is 4.62. The molecule has 1 aromatic rings. The molecule has 2 atom stereocenters. The van der Waals surface area contributed by atoms with Crippen molar-refractivity contribution in [2.75, 3.05) is 18.1 Å². The Hall–Kier alpha value is -1.14. The van der Waals surface area contributed by atoms with Crippen molar-refractivity contribution in [3.8, 4) is 0 Å². The first-order chi connectivity index (χ1) is 8.30. The molecule has 0 aliphatic rings. The van der Waals surface area contributed by atoms with E-state index in [1.807, 2.05) is 6.92 Å². The highest BCUT2D eigenvalue weighted by molar-refractivity contribution is 7.90. The van der Waals surface area contributed by atoms with Crippen molar-refractivity contribution in [2.24, 2.45) is 5.92 Å². The molecule has 5 nitrogen and oxygen atoms in total. The van der Waals surface area contributed by atoms with Crippen LogP contribution < -0.4 is 5.32 Å². The van der Waals surface area contributed by atoms with Crippen LogP contribution in [-0.4, -0.2) is 37.4 Å². The lowest BCUT2D eigenvalue weighted by Crippen LogP contribution is -2.18. The third-order valence-corrected chi connectivity index (χ3v) is 3.66. The average molecular weight is 272 g/mol. The fraction of sp³-hybridized carbons (Fsp3) is 0.583.